The summed E-state index contributed by atoms with van der Waals surface area (Å²) in [5.74, 6) is -0.0326. The second-order valence-electron chi connectivity index (χ2n) is 5.09. The van der Waals surface area contributed by atoms with Crippen LogP contribution < -0.4 is 10.6 Å². The maximum absolute atomic E-state index is 12.1. The van der Waals surface area contributed by atoms with Gasteiger partial charge in [0.15, 0.2) is 0 Å². The lowest BCUT2D eigenvalue weighted by Crippen LogP contribution is -2.41. The number of carbonyl (C=O) groups is 1. The largest absolute Gasteiger partial charge is 0.394 e. The van der Waals surface area contributed by atoms with Crippen LogP contribution in [0.25, 0.3) is 0 Å². The second-order valence-corrected chi connectivity index (χ2v) is 5.09. The molecule has 1 saturated heterocycles. The summed E-state index contributed by atoms with van der Waals surface area (Å²) in [5.41, 5.74) is 0.931. The van der Waals surface area contributed by atoms with Gasteiger partial charge in [-0.3, -0.25) is 9.69 Å². The standard InChI is InChI=1S/C15H23N3O2/c19-12-14(13-5-2-1-3-6-13)17-15(20)11-18-9-4-7-16-8-10-18/h1-3,5-6,14,16,19H,4,7-12H2,(H,17,20)/t14-/m1/s1. The van der Waals surface area contributed by atoms with Crippen LogP contribution in [0, 0.1) is 0 Å². The predicted molar refractivity (Wildman–Crippen MR) is 78.3 cm³/mol. The molecule has 1 heterocycles. The molecule has 1 atom stereocenters. The summed E-state index contributed by atoms with van der Waals surface area (Å²) >= 11 is 0. The van der Waals surface area contributed by atoms with Gasteiger partial charge in [-0.15, -0.1) is 0 Å². The van der Waals surface area contributed by atoms with Crippen LogP contribution in [0.5, 0.6) is 0 Å². The molecule has 0 unspecified atom stereocenters. The molecule has 1 aliphatic heterocycles. The highest BCUT2D eigenvalue weighted by molar-refractivity contribution is 5.78. The van der Waals surface area contributed by atoms with Gasteiger partial charge in [-0.25, -0.2) is 0 Å². The van der Waals surface area contributed by atoms with Crippen LogP contribution in [0.2, 0.25) is 0 Å². The van der Waals surface area contributed by atoms with Crippen molar-refractivity contribution >= 4 is 5.91 Å². The third-order valence-electron chi connectivity index (χ3n) is 3.52. The van der Waals surface area contributed by atoms with E-state index in [1.165, 1.54) is 0 Å². The normalized spacial score (nSPS) is 18.2. The van der Waals surface area contributed by atoms with Gasteiger partial charge in [-0.05, 0) is 25.1 Å². The molecule has 0 spiro atoms. The fourth-order valence-corrected chi connectivity index (χ4v) is 2.42. The molecule has 1 aromatic carbocycles. The summed E-state index contributed by atoms with van der Waals surface area (Å²) in [4.78, 5) is 14.2. The highest BCUT2D eigenvalue weighted by Crippen LogP contribution is 2.11. The van der Waals surface area contributed by atoms with Gasteiger partial charge in [-0.1, -0.05) is 30.3 Å². The summed E-state index contributed by atoms with van der Waals surface area (Å²) in [6.45, 7) is 4.08. The Morgan fingerprint density at radius 2 is 2.10 bits per heavy atom. The number of nitrogens with one attached hydrogen (secondary N) is 2. The van der Waals surface area contributed by atoms with Gasteiger partial charge in [0.05, 0.1) is 19.2 Å². The Kier molecular flexibility index (Phi) is 5.98. The number of amides is 1. The van der Waals surface area contributed by atoms with Crippen molar-refractivity contribution in [1.29, 1.82) is 0 Å². The number of aliphatic hydroxyl groups excluding tert-OH is 1. The number of nitrogens with zero attached hydrogens (tertiary/aromatic N) is 1. The Labute approximate surface area is 120 Å². The number of aliphatic hydroxyl groups is 1. The smallest absolute Gasteiger partial charge is 0.234 e. The van der Waals surface area contributed by atoms with Crippen LogP contribution in [0.4, 0.5) is 0 Å². The van der Waals surface area contributed by atoms with Crippen LogP contribution in [-0.2, 0) is 4.79 Å². The van der Waals surface area contributed by atoms with Gasteiger partial charge in [0.25, 0.3) is 0 Å². The predicted octanol–water partition coefficient (Wildman–Crippen LogP) is 0.132. The van der Waals surface area contributed by atoms with Crippen LogP contribution in [0.3, 0.4) is 0 Å². The fourth-order valence-electron chi connectivity index (χ4n) is 2.42. The molecule has 20 heavy (non-hydrogen) atoms. The zero-order valence-electron chi connectivity index (χ0n) is 11.7. The SMILES string of the molecule is O=C(CN1CCCNCC1)N[C@H](CO)c1ccccc1. The number of benzene rings is 1. The number of hydrogen-bond acceptors (Lipinski definition) is 4. The molecule has 110 valence electrons. The van der Waals surface area contributed by atoms with E-state index < -0.39 is 0 Å². The Morgan fingerprint density at radius 1 is 1.30 bits per heavy atom. The number of rotatable bonds is 5. The molecule has 1 aromatic rings. The molecule has 3 N–H and O–H groups in total. The maximum Gasteiger partial charge on any atom is 0.234 e. The number of hydrogen-bond donors (Lipinski definition) is 3. The average molecular weight is 277 g/mol. The third kappa shape index (κ3) is 4.59. The number of carbonyl (C=O) groups excluding carboxylic acids is 1. The van der Waals surface area contributed by atoms with E-state index in [1.54, 1.807) is 0 Å². The first kappa shape index (κ1) is 15.0. The molecule has 0 saturated carbocycles. The van der Waals surface area contributed by atoms with Crippen molar-refractivity contribution in [2.75, 3.05) is 39.3 Å². The Bertz CT molecular complexity index is 403. The Balaban J connectivity index is 1.86. The minimum Gasteiger partial charge on any atom is -0.394 e. The van der Waals surface area contributed by atoms with Crippen molar-refractivity contribution in [2.45, 2.75) is 12.5 Å². The first-order chi connectivity index (χ1) is 9.79. The van der Waals surface area contributed by atoms with E-state index in [0.717, 1.165) is 38.2 Å². The monoisotopic (exact) mass is 277 g/mol. The zero-order valence-corrected chi connectivity index (χ0v) is 11.7. The molecule has 5 heteroatoms. The molecule has 0 bridgehead atoms. The van der Waals surface area contributed by atoms with Crippen molar-refractivity contribution in [2.24, 2.45) is 0 Å². The van der Waals surface area contributed by atoms with Crippen molar-refractivity contribution in [3.05, 3.63) is 35.9 Å². The van der Waals surface area contributed by atoms with Crippen LogP contribution in [0.1, 0.15) is 18.0 Å². The molecule has 2 rings (SSSR count). The fraction of sp³-hybridized carbons (Fsp3) is 0.533. The van der Waals surface area contributed by atoms with Gasteiger partial charge in [0.2, 0.25) is 5.91 Å². The van der Waals surface area contributed by atoms with E-state index in [9.17, 15) is 9.90 Å². The van der Waals surface area contributed by atoms with E-state index in [0.29, 0.717) is 6.54 Å². The van der Waals surface area contributed by atoms with Crippen molar-refractivity contribution in [3.8, 4) is 0 Å². The van der Waals surface area contributed by atoms with E-state index in [2.05, 4.69) is 15.5 Å². The van der Waals surface area contributed by atoms with E-state index >= 15 is 0 Å². The summed E-state index contributed by atoms with van der Waals surface area (Å²) in [6, 6.07) is 9.24. The minimum atomic E-state index is -0.325. The van der Waals surface area contributed by atoms with Crippen LogP contribution >= 0.6 is 0 Å². The summed E-state index contributed by atoms with van der Waals surface area (Å²) in [7, 11) is 0. The molecule has 1 amide bonds. The van der Waals surface area contributed by atoms with E-state index in [1.807, 2.05) is 30.3 Å². The lowest BCUT2D eigenvalue weighted by Gasteiger charge is -2.22. The van der Waals surface area contributed by atoms with Gasteiger partial charge >= 0.3 is 0 Å². The quantitative estimate of drug-likeness (QED) is 0.716. The maximum atomic E-state index is 12.1. The highest BCUT2D eigenvalue weighted by atomic mass is 16.3. The lowest BCUT2D eigenvalue weighted by molar-refractivity contribution is -0.123. The molecule has 0 aliphatic carbocycles. The second kappa shape index (κ2) is 7.99. The molecular formula is C15H23N3O2. The molecular weight excluding hydrogens is 254 g/mol. The van der Waals surface area contributed by atoms with Crippen LogP contribution in [0.15, 0.2) is 30.3 Å². The summed E-state index contributed by atoms with van der Waals surface area (Å²) in [5, 5.41) is 15.7. The molecule has 5 nitrogen and oxygen atoms in total. The first-order valence-electron chi connectivity index (χ1n) is 7.18. The highest BCUT2D eigenvalue weighted by Gasteiger charge is 2.16. The third-order valence-corrected chi connectivity index (χ3v) is 3.52. The summed E-state index contributed by atoms with van der Waals surface area (Å²) < 4.78 is 0. The molecule has 1 fully saturated rings. The van der Waals surface area contributed by atoms with Crippen LogP contribution in [-0.4, -0.2) is 55.2 Å². The summed E-state index contributed by atoms with van der Waals surface area (Å²) in [6.07, 6.45) is 1.06. The average Bonchev–Trinajstić information content (AvgIpc) is 2.74. The van der Waals surface area contributed by atoms with Gasteiger partial charge in [-0.2, -0.15) is 0 Å². The van der Waals surface area contributed by atoms with Gasteiger partial charge < -0.3 is 15.7 Å². The lowest BCUT2D eigenvalue weighted by atomic mass is 10.1. The zero-order chi connectivity index (χ0) is 14.2. The van der Waals surface area contributed by atoms with E-state index in [4.69, 9.17) is 0 Å². The van der Waals surface area contributed by atoms with Gasteiger partial charge in [0.1, 0.15) is 0 Å². The van der Waals surface area contributed by atoms with Crippen molar-refractivity contribution in [1.82, 2.24) is 15.5 Å². The minimum absolute atomic E-state index is 0.0326. The van der Waals surface area contributed by atoms with E-state index in [-0.39, 0.29) is 18.6 Å². The Morgan fingerprint density at radius 3 is 2.85 bits per heavy atom. The van der Waals surface area contributed by atoms with Crippen molar-refractivity contribution in [3.63, 3.8) is 0 Å². The molecule has 0 radical (unpaired) electrons. The van der Waals surface area contributed by atoms with Gasteiger partial charge in [0, 0.05) is 13.1 Å². The topological polar surface area (TPSA) is 64.6 Å². The molecule has 1 aliphatic rings. The van der Waals surface area contributed by atoms with Crippen molar-refractivity contribution < 1.29 is 9.90 Å². The molecule has 0 aromatic heterocycles. The Hall–Kier alpha value is -1.43. The first-order valence-corrected chi connectivity index (χ1v) is 7.18.